The SMILES string of the molecule is CC/C=C\C/C=C\C/C=C\C/C=C\CCCCCCC(=O)OC1C(OCC(COC(=O)CCCCCCC/C=C\CCCC)OC(=O)CCCCCCCCCCC)OC(C(=O)O)C(O)C1O. The maximum absolute atomic E-state index is 13.0. The Labute approximate surface area is 405 Å². The van der Waals surface area contributed by atoms with Gasteiger partial charge in [0.05, 0.1) is 6.61 Å². The zero-order valence-electron chi connectivity index (χ0n) is 41.9. The third-order valence-electron chi connectivity index (χ3n) is 11.6. The van der Waals surface area contributed by atoms with Gasteiger partial charge in [0, 0.05) is 19.3 Å². The maximum Gasteiger partial charge on any atom is 0.335 e. The van der Waals surface area contributed by atoms with Gasteiger partial charge in [-0.15, -0.1) is 0 Å². The highest BCUT2D eigenvalue weighted by molar-refractivity contribution is 5.74. The summed E-state index contributed by atoms with van der Waals surface area (Å²) < 4.78 is 28.2. The number of aliphatic hydroxyl groups excluding tert-OH is 2. The number of unbranched alkanes of at least 4 members (excludes halogenated alkanes) is 19. The first-order chi connectivity index (χ1) is 32.6. The third kappa shape index (κ3) is 34.4. The van der Waals surface area contributed by atoms with Gasteiger partial charge >= 0.3 is 23.9 Å². The van der Waals surface area contributed by atoms with Crippen LogP contribution in [-0.2, 0) is 42.9 Å². The van der Waals surface area contributed by atoms with E-state index in [-0.39, 0.29) is 25.9 Å². The normalized spacial score (nSPS) is 19.3. The zero-order chi connectivity index (χ0) is 49.0. The van der Waals surface area contributed by atoms with Gasteiger partial charge in [-0.1, -0.05) is 178 Å². The van der Waals surface area contributed by atoms with Gasteiger partial charge in [0.15, 0.2) is 24.6 Å². The Bertz CT molecular complexity index is 1400. The van der Waals surface area contributed by atoms with Crippen molar-refractivity contribution in [2.24, 2.45) is 0 Å². The van der Waals surface area contributed by atoms with Crippen molar-refractivity contribution in [1.29, 1.82) is 0 Å². The van der Waals surface area contributed by atoms with Crippen molar-refractivity contribution in [3.63, 3.8) is 0 Å². The molecule has 12 heteroatoms. The number of hydrogen-bond acceptors (Lipinski definition) is 11. The zero-order valence-corrected chi connectivity index (χ0v) is 41.9. The van der Waals surface area contributed by atoms with Crippen LogP contribution < -0.4 is 0 Å². The average Bonchev–Trinajstić information content (AvgIpc) is 3.31. The van der Waals surface area contributed by atoms with E-state index in [1.54, 1.807) is 0 Å². The number of hydrogen-bond donors (Lipinski definition) is 3. The van der Waals surface area contributed by atoms with E-state index in [2.05, 4.69) is 81.5 Å². The Morgan fingerprint density at radius 2 is 0.955 bits per heavy atom. The largest absolute Gasteiger partial charge is 0.479 e. The van der Waals surface area contributed by atoms with E-state index in [4.69, 9.17) is 23.7 Å². The number of carbonyl (C=O) groups excluding carboxylic acids is 3. The number of aliphatic hydroxyl groups is 2. The van der Waals surface area contributed by atoms with E-state index in [1.807, 2.05) is 0 Å². The molecule has 0 aromatic carbocycles. The number of carboxylic acids is 1. The van der Waals surface area contributed by atoms with Crippen LogP contribution in [0.4, 0.5) is 0 Å². The first-order valence-electron chi connectivity index (χ1n) is 26.3. The molecule has 6 unspecified atom stereocenters. The Kier molecular flexibility index (Phi) is 40.1. The molecule has 6 atom stereocenters. The molecule has 0 amide bonds. The van der Waals surface area contributed by atoms with Gasteiger partial charge in [-0.2, -0.15) is 0 Å². The molecule has 0 aromatic heterocycles. The molecule has 1 saturated heterocycles. The van der Waals surface area contributed by atoms with Gasteiger partial charge in [0.25, 0.3) is 0 Å². The average molecular weight is 945 g/mol. The van der Waals surface area contributed by atoms with Crippen molar-refractivity contribution < 1.29 is 58.2 Å². The molecule has 0 aromatic rings. The lowest BCUT2D eigenvalue weighted by molar-refractivity contribution is -0.301. The number of esters is 3. The smallest absolute Gasteiger partial charge is 0.335 e. The van der Waals surface area contributed by atoms with Gasteiger partial charge in [-0.3, -0.25) is 14.4 Å². The molecule has 12 nitrogen and oxygen atoms in total. The molecule has 0 saturated carbocycles. The second-order valence-electron chi connectivity index (χ2n) is 17.8. The summed E-state index contributed by atoms with van der Waals surface area (Å²) >= 11 is 0. The van der Waals surface area contributed by atoms with Crippen molar-refractivity contribution in [2.45, 2.75) is 250 Å². The lowest BCUT2D eigenvalue weighted by Crippen LogP contribution is -2.61. The Morgan fingerprint density at radius 1 is 0.507 bits per heavy atom. The van der Waals surface area contributed by atoms with E-state index in [1.165, 1.54) is 44.9 Å². The van der Waals surface area contributed by atoms with Crippen molar-refractivity contribution in [3.05, 3.63) is 60.8 Å². The quantitative estimate of drug-likeness (QED) is 0.0229. The van der Waals surface area contributed by atoms with Crippen LogP contribution in [0.15, 0.2) is 60.8 Å². The highest BCUT2D eigenvalue weighted by Crippen LogP contribution is 2.26. The molecule has 384 valence electrons. The van der Waals surface area contributed by atoms with Crippen LogP contribution in [0, 0.1) is 0 Å². The van der Waals surface area contributed by atoms with Gasteiger partial charge < -0.3 is 39.0 Å². The lowest BCUT2D eigenvalue weighted by atomic mass is 9.98. The minimum Gasteiger partial charge on any atom is -0.479 e. The summed E-state index contributed by atoms with van der Waals surface area (Å²) in [5.74, 6) is -3.16. The summed E-state index contributed by atoms with van der Waals surface area (Å²) in [7, 11) is 0. The number of aliphatic carboxylic acids is 1. The molecule has 0 radical (unpaired) electrons. The highest BCUT2D eigenvalue weighted by atomic mass is 16.7. The molecule has 0 bridgehead atoms. The summed E-state index contributed by atoms with van der Waals surface area (Å²) in [4.78, 5) is 50.7. The number of carbonyl (C=O) groups is 4. The third-order valence-corrected chi connectivity index (χ3v) is 11.6. The predicted molar refractivity (Wildman–Crippen MR) is 266 cm³/mol. The Morgan fingerprint density at radius 3 is 1.49 bits per heavy atom. The predicted octanol–water partition coefficient (Wildman–Crippen LogP) is 12.4. The van der Waals surface area contributed by atoms with Crippen LogP contribution in [0.2, 0.25) is 0 Å². The van der Waals surface area contributed by atoms with Crippen LogP contribution >= 0.6 is 0 Å². The van der Waals surface area contributed by atoms with Crippen molar-refractivity contribution in [1.82, 2.24) is 0 Å². The molecule has 1 heterocycles. The van der Waals surface area contributed by atoms with Gasteiger partial charge in [-0.25, -0.2) is 4.79 Å². The second-order valence-corrected chi connectivity index (χ2v) is 17.8. The molecule has 1 fully saturated rings. The summed E-state index contributed by atoms with van der Waals surface area (Å²) in [6.07, 6.45) is 39.3. The molecular weight excluding hydrogens is 853 g/mol. The van der Waals surface area contributed by atoms with Gasteiger partial charge in [-0.05, 0) is 77.0 Å². The topological polar surface area (TPSA) is 175 Å². The van der Waals surface area contributed by atoms with Crippen LogP contribution in [0.1, 0.15) is 213 Å². The van der Waals surface area contributed by atoms with Crippen molar-refractivity contribution in [3.8, 4) is 0 Å². The first kappa shape index (κ1) is 61.4. The number of rotatable bonds is 43. The van der Waals surface area contributed by atoms with E-state index >= 15 is 0 Å². The fraction of sp³-hybridized carbons (Fsp3) is 0.745. The Balaban J connectivity index is 2.72. The van der Waals surface area contributed by atoms with Crippen LogP contribution in [0.5, 0.6) is 0 Å². The fourth-order valence-electron chi connectivity index (χ4n) is 7.51. The highest BCUT2D eigenvalue weighted by Gasteiger charge is 2.50. The molecule has 0 aliphatic carbocycles. The van der Waals surface area contributed by atoms with Crippen LogP contribution in [0.3, 0.4) is 0 Å². The molecule has 1 aliphatic rings. The van der Waals surface area contributed by atoms with E-state index < -0.39 is 67.3 Å². The summed E-state index contributed by atoms with van der Waals surface area (Å²) in [6, 6.07) is 0. The molecule has 0 spiro atoms. The minimum atomic E-state index is -1.91. The summed E-state index contributed by atoms with van der Waals surface area (Å²) in [5.41, 5.74) is 0. The van der Waals surface area contributed by atoms with Crippen molar-refractivity contribution in [2.75, 3.05) is 13.2 Å². The van der Waals surface area contributed by atoms with Crippen molar-refractivity contribution >= 4 is 23.9 Å². The Hall–Kier alpha value is -3.58. The van der Waals surface area contributed by atoms with Crippen LogP contribution in [-0.4, -0.2) is 89.2 Å². The van der Waals surface area contributed by atoms with Crippen LogP contribution in [0.25, 0.3) is 0 Å². The second kappa shape index (κ2) is 43.7. The maximum atomic E-state index is 13.0. The van der Waals surface area contributed by atoms with E-state index in [9.17, 15) is 34.5 Å². The number of ether oxygens (including phenoxy) is 5. The minimum absolute atomic E-state index is 0.0316. The standard InChI is InChI=1S/C55H92O12/c1-4-7-10-13-16-19-21-22-23-24-25-26-28-31-34-37-40-43-49(58)66-53-51(60)50(59)52(54(61)62)67-55(53)64-45-46(65-48(57)42-39-36-33-29-18-15-12-9-6-3)44-63-47(56)41-38-35-32-30-27-20-17-14-11-8-5-2/h7,10,14,16-17,19,22-23,25-26,46,50-53,55,59-60H,4-6,8-9,11-13,15,18,20-21,24,27-45H2,1-3H3,(H,61,62)/b10-7-,17-14-,19-16-,23-22-,26-25-. The van der Waals surface area contributed by atoms with Gasteiger partial charge in [0.1, 0.15) is 18.8 Å². The van der Waals surface area contributed by atoms with E-state index in [0.29, 0.717) is 19.3 Å². The lowest BCUT2D eigenvalue weighted by Gasteiger charge is -2.40. The molecule has 1 rings (SSSR count). The fourth-order valence-corrected chi connectivity index (χ4v) is 7.51. The first-order valence-corrected chi connectivity index (χ1v) is 26.3. The monoisotopic (exact) mass is 945 g/mol. The molecule has 67 heavy (non-hydrogen) atoms. The summed E-state index contributed by atoms with van der Waals surface area (Å²) in [5, 5.41) is 31.3. The molecule has 3 N–H and O–H groups in total. The number of allylic oxidation sites excluding steroid dienone is 10. The van der Waals surface area contributed by atoms with E-state index in [0.717, 1.165) is 109 Å². The summed E-state index contributed by atoms with van der Waals surface area (Å²) in [6.45, 7) is 5.77. The molecular formula is C55H92O12. The molecule has 1 aliphatic heterocycles. The van der Waals surface area contributed by atoms with Gasteiger partial charge in [0.2, 0.25) is 0 Å². The number of carboxylic acid groups (broad SMARTS) is 1.